The summed E-state index contributed by atoms with van der Waals surface area (Å²) in [7, 11) is -3.77. The van der Waals surface area contributed by atoms with Gasteiger partial charge in [0.2, 0.25) is 0 Å². The molecule has 1 amide bonds. The van der Waals surface area contributed by atoms with Gasteiger partial charge in [-0.25, -0.2) is 13.4 Å². The molecule has 0 saturated carbocycles. The second-order valence-corrected chi connectivity index (χ2v) is 10.1. The van der Waals surface area contributed by atoms with Crippen LogP contribution in [0.5, 0.6) is 0 Å². The van der Waals surface area contributed by atoms with Crippen LogP contribution in [0.15, 0.2) is 35.2 Å². The Bertz CT molecular complexity index is 1000. The van der Waals surface area contributed by atoms with Crippen molar-refractivity contribution in [1.82, 2.24) is 9.88 Å². The van der Waals surface area contributed by atoms with Crippen molar-refractivity contribution in [3.63, 3.8) is 0 Å². The first-order chi connectivity index (χ1) is 13.8. The lowest BCUT2D eigenvalue weighted by Gasteiger charge is -2.24. The van der Waals surface area contributed by atoms with Crippen LogP contribution in [-0.2, 0) is 15.6 Å². The van der Waals surface area contributed by atoms with Crippen molar-refractivity contribution in [1.29, 1.82) is 0 Å². The summed E-state index contributed by atoms with van der Waals surface area (Å²) in [5, 5.41) is 0.460. The molecule has 1 aliphatic heterocycles. The van der Waals surface area contributed by atoms with Gasteiger partial charge in [-0.15, -0.1) is 0 Å². The lowest BCUT2D eigenvalue weighted by atomic mass is 10.1. The van der Waals surface area contributed by atoms with Crippen LogP contribution in [0.4, 0.5) is 0 Å². The van der Waals surface area contributed by atoms with E-state index in [2.05, 4.69) is 4.98 Å². The predicted molar refractivity (Wildman–Crippen MR) is 115 cm³/mol. The van der Waals surface area contributed by atoms with Crippen molar-refractivity contribution in [2.24, 2.45) is 0 Å². The topological polar surface area (TPSA) is 67.3 Å². The number of aromatic nitrogens is 1. The Morgan fingerprint density at radius 2 is 1.69 bits per heavy atom. The molecular formula is C21H24Cl2N2O3S. The lowest BCUT2D eigenvalue weighted by Crippen LogP contribution is -2.34. The molecule has 1 aromatic carbocycles. The van der Waals surface area contributed by atoms with Gasteiger partial charge in [-0.05, 0) is 49.6 Å². The number of benzene rings is 1. The van der Waals surface area contributed by atoms with E-state index in [1.807, 2.05) is 4.90 Å². The number of nitrogens with zero attached hydrogens (tertiary/aromatic N) is 2. The van der Waals surface area contributed by atoms with Crippen molar-refractivity contribution in [2.45, 2.75) is 49.7 Å². The third kappa shape index (κ3) is 5.50. The molecule has 0 radical (unpaired) electrons. The number of pyridine rings is 1. The van der Waals surface area contributed by atoms with Gasteiger partial charge in [0.1, 0.15) is 5.69 Å². The SMILES string of the molecule is Cc1cc(Cl)c(S(=O)(=O)Cc2cccc(C(=O)N3CCCCCCC3)n2)cc1Cl. The first-order valence-corrected chi connectivity index (χ1v) is 12.1. The molecule has 0 aliphatic carbocycles. The third-order valence-corrected chi connectivity index (χ3v) is 7.57. The molecule has 0 N–H and O–H groups in total. The molecule has 0 unspecified atom stereocenters. The summed E-state index contributed by atoms with van der Waals surface area (Å²) < 4.78 is 25.7. The Labute approximate surface area is 182 Å². The third-order valence-electron chi connectivity index (χ3n) is 5.06. The minimum atomic E-state index is -3.77. The van der Waals surface area contributed by atoms with E-state index in [1.54, 1.807) is 25.1 Å². The van der Waals surface area contributed by atoms with Crippen LogP contribution in [0.25, 0.3) is 0 Å². The van der Waals surface area contributed by atoms with Gasteiger partial charge in [-0.1, -0.05) is 48.5 Å². The summed E-state index contributed by atoms with van der Waals surface area (Å²) in [6, 6.07) is 7.80. The zero-order chi connectivity index (χ0) is 21.0. The van der Waals surface area contributed by atoms with E-state index in [1.165, 1.54) is 18.6 Å². The number of carbonyl (C=O) groups is 1. The first-order valence-electron chi connectivity index (χ1n) is 9.71. The van der Waals surface area contributed by atoms with E-state index < -0.39 is 9.84 Å². The summed E-state index contributed by atoms with van der Waals surface area (Å²) in [6.07, 6.45) is 5.41. The van der Waals surface area contributed by atoms with E-state index in [9.17, 15) is 13.2 Å². The smallest absolute Gasteiger partial charge is 0.272 e. The molecule has 1 saturated heterocycles. The van der Waals surface area contributed by atoms with Crippen LogP contribution in [0.2, 0.25) is 10.0 Å². The van der Waals surface area contributed by atoms with E-state index in [-0.39, 0.29) is 27.3 Å². The summed E-state index contributed by atoms with van der Waals surface area (Å²) in [4.78, 5) is 19.0. The first kappa shape index (κ1) is 22.1. The molecule has 1 aromatic heterocycles. The van der Waals surface area contributed by atoms with Gasteiger partial charge in [0.25, 0.3) is 5.91 Å². The highest BCUT2D eigenvalue weighted by Crippen LogP contribution is 2.30. The molecule has 29 heavy (non-hydrogen) atoms. The maximum Gasteiger partial charge on any atom is 0.272 e. The van der Waals surface area contributed by atoms with E-state index in [4.69, 9.17) is 23.2 Å². The molecule has 1 aliphatic rings. The number of likely N-dealkylation sites (tertiary alicyclic amines) is 1. The molecule has 2 heterocycles. The molecule has 0 atom stereocenters. The maximum absolute atomic E-state index is 12.9. The standard InChI is InChI=1S/C21H24Cl2N2O3S/c1-15-12-18(23)20(13-17(15)22)29(27,28)14-16-8-7-9-19(24-16)21(26)25-10-5-3-2-4-6-11-25/h7-9,12-13H,2-6,10-11,14H2,1H3. The molecule has 5 nitrogen and oxygen atoms in total. The fourth-order valence-corrected chi connectivity index (χ4v) is 5.59. The van der Waals surface area contributed by atoms with Crippen molar-refractivity contribution in [3.05, 3.63) is 57.3 Å². The summed E-state index contributed by atoms with van der Waals surface area (Å²) in [5.41, 5.74) is 1.27. The van der Waals surface area contributed by atoms with Gasteiger partial charge in [0, 0.05) is 18.1 Å². The monoisotopic (exact) mass is 454 g/mol. The summed E-state index contributed by atoms with van der Waals surface area (Å²) in [6.45, 7) is 3.17. The number of aryl methyl sites for hydroxylation is 1. The predicted octanol–water partition coefficient (Wildman–Crippen LogP) is 5.08. The highest BCUT2D eigenvalue weighted by Gasteiger charge is 2.23. The average Bonchev–Trinajstić information content (AvgIpc) is 2.63. The lowest BCUT2D eigenvalue weighted by molar-refractivity contribution is 0.0736. The van der Waals surface area contributed by atoms with Gasteiger partial charge in [-0.3, -0.25) is 4.79 Å². The van der Waals surface area contributed by atoms with Gasteiger partial charge in [0.05, 0.1) is 21.4 Å². The van der Waals surface area contributed by atoms with Crippen LogP contribution < -0.4 is 0 Å². The largest absolute Gasteiger partial charge is 0.337 e. The molecule has 1 fully saturated rings. The zero-order valence-corrected chi connectivity index (χ0v) is 18.7. The maximum atomic E-state index is 12.9. The Hall–Kier alpha value is -1.63. The number of carbonyl (C=O) groups excluding carboxylic acids is 1. The number of hydrogen-bond acceptors (Lipinski definition) is 4. The van der Waals surface area contributed by atoms with E-state index in [0.29, 0.717) is 29.4 Å². The number of rotatable bonds is 4. The highest BCUT2D eigenvalue weighted by atomic mass is 35.5. The quantitative estimate of drug-likeness (QED) is 0.645. The highest BCUT2D eigenvalue weighted by molar-refractivity contribution is 7.90. The van der Waals surface area contributed by atoms with Crippen molar-refractivity contribution in [2.75, 3.05) is 13.1 Å². The Kier molecular flexibility index (Phi) is 7.19. The Morgan fingerprint density at radius 3 is 2.38 bits per heavy atom. The van der Waals surface area contributed by atoms with Gasteiger partial charge in [-0.2, -0.15) is 0 Å². The van der Waals surface area contributed by atoms with Crippen LogP contribution >= 0.6 is 23.2 Å². The molecule has 2 aromatic rings. The zero-order valence-electron chi connectivity index (χ0n) is 16.3. The Balaban J connectivity index is 1.82. The van der Waals surface area contributed by atoms with Gasteiger partial charge < -0.3 is 4.90 Å². The average molecular weight is 455 g/mol. The minimum Gasteiger partial charge on any atom is -0.337 e. The minimum absolute atomic E-state index is 0.0305. The number of sulfone groups is 1. The van der Waals surface area contributed by atoms with Crippen molar-refractivity contribution in [3.8, 4) is 0 Å². The second-order valence-electron chi connectivity index (χ2n) is 7.37. The summed E-state index contributed by atoms with van der Waals surface area (Å²) in [5.74, 6) is -0.504. The van der Waals surface area contributed by atoms with Gasteiger partial charge in [0.15, 0.2) is 9.84 Å². The fraction of sp³-hybridized carbons (Fsp3) is 0.429. The number of hydrogen-bond donors (Lipinski definition) is 0. The van der Waals surface area contributed by atoms with Crippen LogP contribution in [0.3, 0.4) is 0 Å². The molecule has 0 bridgehead atoms. The second kappa shape index (κ2) is 9.45. The van der Waals surface area contributed by atoms with Crippen LogP contribution in [0.1, 0.15) is 53.8 Å². The Morgan fingerprint density at radius 1 is 1.03 bits per heavy atom. The summed E-state index contributed by atoms with van der Waals surface area (Å²) >= 11 is 12.2. The van der Waals surface area contributed by atoms with E-state index >= 15 is 0 Å². The molecule has 3 rings (SSSR count). The molecular weight excluding hydrogens is 431 g/mol. The number of halogens is 2. The van der Waals surface area contributed by atoms with E-state index in [0.717, 1.165) is 25.7 Å². The van der Waals surface area contributed by atoms with Crippen LogP contribution in [-0.4, -0.2) is 37.3 Å². The van der Waals surface area contributed by atoms with Crippen molar-refractivity contribution < 1.29 is 13.2 Å². The molecule has 8 heteroatoms. The van der Waals surface area contributed by atoms with Crippen molar-refractivity contribution >= 4 is 38.9 Å². The van der Waals surface area contributed by atoms with Gasteiger partial charge >= 0.3 is 0 Å². The molecule has 0 spiro atoms. The normalized spacial score (nSPS) is 15.6. The van der Waals surface area contributed by atoms with Crippen LogP contribution in [0, 0.1) is 6.92 Å². The fourth-order valence-electron chi connectivity index (χ4n) is 3.43. The molecule has 156 valence electrons. The number of amides is 1.